The molecule has 0 aliphatic rings. The van der Waals surface area contributed by atoms with Gasteiger partial charge in [-0.25, -0.2) is 9.59 Å². The second-order valence-electron chi connectivity index (χ2n) is 9.03. The summed E-state index contributed by atoms with van der Waals surface area (Å²) >= 11 is 0. The number of non-ortho nitro benzene ring substituents is 1. The Kier molecular flexibility index (Phi) is 9.08. The summed E-state index contributed by atoms with van der Waals surface area (Å²) in [6.45, 7) is 7.98. The number of hydrogen-bond donors (Lipinski definition) is 0. The lowest BCUT2D eigenvalue weighted by atomic mass is 9.92. The molecule has 9 heteroatoms. The molecule has 0 spiro atoms. The van der Waals surface area contributed by atoms with Gasteiger partial charge in [0.05, 0.1) is 33.5 Å². The van der Waals surface area contributed by atoms with Gasteiger partial charge in [-0.3, -0.25) is 20.0 Å². The van der Waals surface area contributed by atoms with Crippen molar-refractivity contribution in [1.82, 2.24) is 9.88 Å². The van der Waals surface area contributed by atoms with Crippen molar-refractivity contribution in [3.63, 3.8) is 0 Å². The monoisotopic (exact) mass is 505 g/mol. The van der Waals surface area contributed by atoms with E-state index in [4.69, 9.17) is 9.47 Å². The number of pyridine rings is 1. The predicted octanol–water partition coefficient (Wildman–Crippen LogP) is 5.13. The molecule has 0 aliphatic carbocycles. The Morgan fingerprint density at radius 2 is 1.65 bits per heavy atom. The van der Waals surface area contributed by atoms with E-state index in [9.17, 15) is 19.7 Å². The van der Waals surface area contributed by atoms with E-state index in [1.165, 1.54) is 18.2 Å². The largest absolute Gasteiger partial charge is 0.461 e. The number of nitrogens with zero attached hydrogens (tertiary/aromatic N) is 3. The number of carbonyl (C=O) groups is 2. The third-order valence-electron chi connectivity index (χ3n) is 5.66. The zero-order chi connectivity index (χ0) is 27.1. The van der Waals surface area contributed by atoms with Gasteiger partial charge in [0.2, 0.25) is 0 Å². The molecule has 3 rings (SSSR count). The van der Waals surface area contributed by atoms with E-state index in [-0.39, 0.29) is 29.0 Å². The van der Waals surface area contributed by atoms with E-state index in [1.54, 1.807) is 33.8 Å². The summed E-state index contributed by atoms with van der Waals surface area (Å²) < 4.78 is 11.0. The Hall–Kier alpha value is -4.11. The first-order valence-corrected chi connectivity index (χ1v) is 11.9. The fourth-order valence-electron chi connectivity index (χ4n) is 4.03. The fourth-order valence-corrected chi connectivity index (χ4v) is 4.03. The summed E-state index contributed by atoms with van der Waals surface area (Å²) in [4.78, 5) is 43.8. The van der Waals surface area contributed by atoms with Crippen LogP contribution in [0, 0.1) is 24.0 Å². The molecule has 194 valence electrons. The molecule has 37 heavy (non-hydrogen) atoms. The number of nitro groups is 1. The normalized spacial score (nSPS) is 11.0. The first-order chi connectivity index (χ1) is 17.6. The van der Waals surface area contributed by atoms with Gasteiger partial charge in [-0.1, -0.05) is 42.5 Å². The van der Waals surface area contributed by atoms with Crippen LogP contribution in [0.2, 0.25) is 0 Å². The number of hydrogen-bond acceptors (Lipinski definition) is 8. The molecule has 0 unspecified atom stereocenters. The molecule has 2 aromatic carbocycles. The van der Waals surface area contributed by atoms with Gasteiger partial charge < -0.3 is 9.47 Å². The molecule has 9 nitrogen and oxygen atoms in total. The van der Waals surface area contributed by atoms with Crippen molar-refractivity contribution in [1.29, 1.82) is 0 Å². The van der Waals surface area contributed by atoms with Crippen molar-refractivity contribution in [2.45, 2.75) is 40.3 Å². The minimum Gasteiger partial charge on any atom is -0.461 e. The van der Waals surface area contributed by atoms with Gasteiger partial charge in [-0.05, 0) is 45.9 Å². The van der Waals surface area contributed by atoms with E-state index in [2.05, 4.69) is 4.98 Å². The Bertz CT molecular complexity index is 1290. The van der Waals surface area contributed by atoms with Gasteiger partial charge in [0.15, 0.2) is 0 Å². The summed E-state index contributed by atoms with van der Waals surface area (Å²) in [5.41, 5.74) is 2.35. The maximum absolute atomic E-state index is 13.4. The van der Waals surface area contributed by atoms with Crippen LogP contribution in [-0.4, -0.2) is 53.0 Å². The topological polar surface area (TPSA) is 112 Å². The summed E-state index contributed by atoms with van der Waals surface area (Å²) in [7, 11) is 1.92. The van der Waals surface area contributed by atoms with Crippen LogP contribution in [0.15, 0.2) is 54.6 Å². The maximum atomic E-state index is 13.4. The van der Waals surface area contributed by atoms with Crippen LogP contribution in [0.4, 0.5) is 5.69 Å². The Labute approximate surface area is 216 Å². The fraction of sp³-hybridized carbons (Fsp3) is 0.321. The Balaban J connectivity index is 1.96. The minimum atomic E-state index is -0.668. The van der Waals surface area contributed by atoms with E-state index in [1.807, 2.05) is 42.3 Å². The number of carbonyl (C=O) groups excluding carboxylic acids is 2. The van der Waals surface area contributed by atoms with Crippen molar-refractivity contribution >= 4 is 17.6 Å². The van der Waals surface area contributed by atoms with Crippen molar-refractivity contribution < 1.29 is 24.0 Å². The van der Waals surface area contributed by atoms with E-state index in [0.29, 0.717) is 30.0 Å². The zero-order valence-corrected chi connectivity index (χ0v) is 21.7. The molecule has 0 saturated heterocycles. The lowest BCUT2D eigenvalue weighted by Crippen LogP contribution is -2.25. The molecule has 0 saturated carbocycles. The van der Waals surface area contributed by atoms with Crippen LogP contribution in [0.1, 0.15) is 51.5 Å². The molecular weight excluding hydrogens is 474 g/mol. The van der Waals surface area contributed by atoms with Crippen molar-refractivity contribution in [2.24, 2.45) is 0 Å². The molecule has 3 aromatic rings. The number of aryl methyl sites for hydroxylation is 2. The molecule has 0 radical (unpaired) electrons. The first-order valence-electron chi connectivity index (χ1n) is 11.9. The van der Waals surface area contributed by atoms with Gasteiger partial charge in [0, 0.05) is 30.8 Å². The Morgan fingerprint density at radius 3 is 2.27 bits per heavy atom. The number of aromatic nitrogens is 1. The second kappa shape index (κ2) is 12.2. The van der Waals surface area contributed by atoms with Gasteiger partial charge in [-0.2, -0.15) is 0 Å². The number of benzene rings is 2. The Morgan fingerprint density at radius 1 is 1.00 bits per heavy atom. The smallest absolute Gasteiger partial charge is 0.340 e. The number of ether oxygens (including phenoxy) is 2. The van der Waals surface area contributed by atoms with Crippen LogP contribution in [-0.2, 0) is 16.0 Å². The number of esters is 2. The number of rotatable bonds is 10. The number of likely N-dealkylation sites (N-methyl/N-ethyl adjacent to an activating group) is 1. The average Bonchev–Trinajstić information content (AvgIpc) is 2.83. The molecule has 0 amide bonds. The van der Waals surface area contributed by atoms with E-state index in [0.717, 1.165) is 5.56 Å². The lowest BCUT2D eigenvalue weighted by Gasteiger charge is -2.20. The quantitative estimate of drug-likeness (QED) is 0.212. The summed E-state index contributed by atoms with van der Waals surface area (Å²) in [6.07, 6.45) is -0.415. The highest BCUT2D eigenvalue weighted by Gasteiger charge is 2.29. The SMILES string of the molecule is Cc1nc(C)c(C(=O)OC(C)C)c(-c2cccc([N+](=O)[O-])c2)c1C(=O)OCCN(C)Cc1ccccc1. The van der Waals surface area contributed by atoms with E-state index >= 15 is 0 Å². The third-order valence-corrected chi connectivity index (χ3v) is 5.66. The first kappa shape index (κ1) is 27.5. The van der Waals surface area contributed by atoms with Gasteiger partial charge in [0.1, 0.15) is 6.61 Å². The van der Waals surface area contributed by atoms with Crippen LogP contribution in [0.5, 0.6) is 0 Å². The standard InChI is InChI=1S/C28H31N3O6/c1-18(2)37-28(33)25-20(4)29-19(3)24(26(25)22-12-9-13-23(16-22)31(34)35)27(32)36-15-14-30(5)17-21-10-7-6-8-11-21/h6-13,16,18H,14-15,17H2,1-5H3. The van der Waals surface area contributed by atoms with Gasteiger partial charge in [-0.15, -0.1) is 0 Å². The molecule has 0 N–H and O–H groups in total. The lowest BCUT2D eigenvalue weighted by molar-refractivity contribution is -0.384. The van der Waals surface area contributed by atoms with Crippen LogP contribution < -0.4 is 0 Å². The summed E-state index contributed by atoms with van der Waals surface area (Å²) in [6, 6.07) is 15.7. The highest BCUT2D eigenvalue weighted by atomic mass is 16.6. The third kappa shape index (κ3) is 6.98. The molecule has 0 aliphatic heterocycles. The highest BCUT2D eigenvalue weighted by molar-refractivity contribution is 6.07. The van der Waals surface area contributed by atoms with Crippen molar-refractivity contribution in [2.75, 3.05) is 20.2 Å². The van der Waals surface area contributed by atoms with E-state index < -0.39 is 23.0 Å². The molecule has 1 heterocycles. The van der Waals surface area contributed by atoms with Crippen molar-refractivity contribution in [3.8, 4) is 11.1 Å². The molecule has 0 atom stereocenters. The van der Waals surface area contributed by atoms with Crippen molar-refractivity contribution in [3.05, 3.63) is 92.8 Å². The summed E-state index contributed by atoms with van der Waals surface area (Å²) in [5.74, 6) is -1.34. The molecule has 1 aromatic heterocycles. The predicted molar refractivity (Wildman–Crippen MR) is 139 cm³/mol. The van der Waals surface area contributed by atoms with Gasteiger partial charge >= 0.3 is 11.9 Å². The number of nitro benzene ring substituents is 1. The zero-order valence-electron chi connectivity index (χ0n) is 21.7. The minimum absolute atomic E-state index is 0.0764. The van der Waals surface area contributed by atoms with Gasteiger partial charge in [0.25, 0.3) is 5.69 Å². The molecule has 0 fully saturated rings. The highest BCUT2D eigenvalue weighted by Crippen LogP contribution is 2.34. The van der Waals surface area contributed by atoms with Crippen LogP contribution in [0.25, 0.3) is 11.1 Å². The average molecular weight is 506 g/mol. The second-order valence-corrected chi connectivity index (χ2v) is 9.03. The van der Waals surface area contributed by atoms with Crippen LogP contribution >= 0.6 is 0 Å². The summed E-state index contributed by atoms with van der Waals surface area (Å²) in [5, 5.41) is 11.4. The van der Waals surface area contributed by atoms with Crippen LogP contribution in [0.3, 0.4) is 0 Å². The maximum Gasteiger partial charge on any atom is 0.340 e. The molecular formula is C28H31N3O6. The molecule has 0 bridgehead atoms.